The van der Waals surface area contributed by atoms with Crippen LogP contribution in [0.1, 0.15) is 35.4 Å². The minimum Gasteiger partial charge on any atom is -0.497 e. The van der Waals surface area contributed by atoms with E-state index in [-0.39, 0.29) is 12.7 Å². The molecule has 1 N–H and O–H groups in total. The van der Waals surface area contributed by atoms with E-state index in [1.807, 2.05) is 24.3 Å². The van der Waals surface area contributed by atoms with Crippen LogP contribution in [-0.2, 0) is 17.6 Å². The summed E-state index contributed by atoms with van der Waals surface area (Å²) in [4.78, 5) is 12.4. The van der Waals surface area contributed by atoms with Crippen LogP contribution in [0.15, 0.2) is 36.4 Å². The average molecular weight is 353 g/mol. The van der Waals surface area contributed by atoms with Crippen LogP contribution in [0.2, 0.25) is 0 Å². The first-order valence-corrected chi connectivity index (χ1v) is 9.05. The average Bonchev–Trinajstić information content (AvgIpc) is 3.13. The second-order valence-corrected chi connectivity index (χ2v) is 6.82. The first-order valence-electron chi connectivity index (χ1n) is 9.05. The van der Waals surface area contributed by atoms with Crippen molar-refractivity contribution in [1.82, 2.24) is 5.32 Å². The van der Waals surface area contributed by atoms with Gasteiger partial charge < -0.3 is 19.5 Å². The lowest BCUT2D eigenvalue weighted by Gasteiger charge is -2.26. The number of methoxy groups -OCH3 is 1. The molecule has 0 fully saturated rings. The number of carbonyl (C=O) groups excluding carboxylic acids is 1. The maximum atomic E-state index is 12.4. The highest BCUT2D eigenvalue weighted by molar-refractivity contribution is 5.78. The minimum absolute atomic E-state index is 0.0319. The van der Waals surface area contributed by atoms with Gasteiger partial charge in [-0.15, -0.1) is 0 Å². The van der Waals surface area contributed by atoms with E-state index in [0.717, 1.165) is 36.3 Å². The molecule has 2 aromatic rings. The van der Waals surface area contributed by atoms with Crippen molar-refractivity contribution in [3.63, 3.8) is 0 Å². The molecule has 0 spiro atoms. The van der Waals surface area contributed by atoms with Crippen LogP contribution in [0.4, 0.5) is 0 Å². The Morgan fingerprint density at radius 2 is 2.08 bits per heavy atom. The topological polar surface area (TPSA) is 56.8 Å². The summed E-state index contributed by atoms with van der Waals surface area (Å²) < 4.78 is 16.0. The number of ether oxygens (including phenoxy) is 3. The molecule has 1 aliphatic heterocycles. The molecular weight excluding hydrogens is 330 g/mol. The lowest BCUT2D eigenvalue weighted by atomic mass is 9.82. The van der Waals surface area contributed by atoms with Crippen molar-refractivity contribution >= 4 is 5.91 Å². The molecule has 2 aliphatic rings. The Hall–Kier alpha value is -2.69. The molecule has 0 radical (unpaired) electrons. The molecule has 26 heavy (non-hydrogen) atoms. The van der Waals surface area contributed by atoms with E-state index in [0.29, 0.717) is 24.6 Å². The van der Waals surface area contributed by atoms with Gasteiger partial charge in [0, 0.05) is 12.5 Å². The van der Waals surface area contributed by atoms with Crippen LogP contribution in [0.3, 0.4) is 0 Å². The first kappa shape index (κ1) is 16.8. The molecular formula is C21H23NO4. The van der Waals surface area contributed by atoms with Gasteiger partial charge in [0.1, 0.15) is 5.75 Å². The van der Waals surface area contributed by atoms with E-state index in [1.54, 1.807) is 7.11 Å². The van der Waals surface area contributed by atoms with Crippen molar-refractivity contribution in [1.29, 1.82) is 0 Å². The van der Waals surface area contributed by atoms with Gasteiger partial charge in [-0.25, -0.2) is 0 Å². The van der Waals surface area contributed by atoms with Crippen molar-refractivity contribution in [2.45, 2.75) is 31.6 Å². The van der Waals surface area contributed by atoms with Crippen LogP contribution in [0, 0.1) is 0 Å². The van der Waals surface area contributed by atoms with Crippen molar-refractivity contribution in [2.24, 2.45) is 0 Å². The predicted molar refractivity (Wildman–Crippen MR) is 98.0 cm³/mol. The van der Waals surface area contributed by atoms with Gasteiger partial charge in [0.25, 0.3) is 0 Å². The molecule has 136 valence electrons. The minimum atomic E-state index is 0.0319. The molecule has 1 heterocycles. The number of amides is 1. The zero-order valence-electron chi connectivity index (χ0n) is 14.9. The lowest BCUT2D eigenvalue weighted by molar-refractivity contribution is -0.120. The van der Waals surface area contributed by atoms with Gasteiger partial charge in [-0.3, -0.25) is 4.79 Å². The molecule has 0 saturated carbocycles. The molecule has 1 amide bonds. The molecule has 5 nitrogen and oxygen atoms in total. The molecule has 1 atom stereocenters. The van der Waals surface area contributed by atoms with Gasteiger partial charge in [0.2, 0.25) is 12.7 Å². The first-order chi connectivity index (χ1) is 12.7. The summed E-state index contributed by atoms with van der Waals surface area (Å²) in [5.74, 6) is 2.75. The molecule has 5 heteroatoms. The Labute approximate surface area is 153 Å². The summed E-state index contributed by atoms with van der Waals surface area (Å²) in [5, 5.41) is 3.10. The SMILES string of the molecule is COc1ccc2c(c1)CCCC2CNC(=O)Cc1ccc2c(c1)OCO2. The quantitative estimate of drug-likeness (QED) is 0.897. The molecule has 0 bridgehead atoms. The number of hydrogen-bond acceptors (Lipinski definition) is 4. The smallest absolute Gasteiger partial charge is 0.231 e. The molecule has 0 saturated heterocycles. The number of hydrogen-bond donors (Lipinski definition) is 1. The molecule has 4 rings (SSSR count). The van der Waals surface area contributed by atoms with E-state index in [9.17, 15) is 4.79 Å². The molecule has 2 aromatic carbocycles. The molecule has 0 aromatic heterocycles. The largest absolute Gasteiger partial charge is 0.497 e. The third-order valence-corrected chi connectivity index (χ3v) is 5.14. The lowest BCUT2D eigenvalue weighted by Crippen LogP contribution is -2.31. The van der Waals surface area contributed by atoms with Crippen LogP contribution < -0.4 is 19.5 Å². The van der Waals surface area contributed by atoms with Gasteiger partial charge in [-0.05, 0) is 60.2 Å². The van der Waals surface area contributed by atoms with Crippen LogP contribution in [0.25, 0.3) is 0 Å². The predicted octanol–water partition coefficient (Wildman–Crippen LogP) is 3.20. The number of benzene rings is 2. The second kappa shape index (κ2) is 7.28. The van der Waals surface area contributed by atoms with Gasteiger partial charge in [-0.1, -0.05) is 12.1 Å². The maximum Gasteiger partial charge on any atom is 0.231 e. The maximum absolute atomic E-state index is 12.4. The fraction of sp³-hybridized carbons (Fsp3) is 0.381. The van der Waals surface area contributed by atoms with Crippen molar-refractivity contribution < 1.29 is 19.0 Å². The zero-order valence-corrected chi connectivity index (χ0v) is 14.9. The standard InChI is InChI=1S/C21H23NO4/c1-24-17-6-7-18-15(11-17)3-2-4-16(18)12-22-21(23)10-14-5-8-19-20(9-14)26-13-25-19/h5-9,11,16H,2-4,10,12-13H2,1H3,(H,22,23). The Morgan fingerprint density at radius 3 is 2.96 bits per heavy atom. The van der Waals surface area contributed by atoms with E-state index in [4.69, 9.17) is 14.2 Å². The van der Waals surface area contributed by atoms with Gasteiger partial charge in [0.15, 0.2) is 11.5 Å². The summed E-state index contributed by atoms with van der Waals surface area (Å²) >= 11 is 0. The number of aryl methyl sites for hydroxylation is 1. The summed E-state index contributed by atoms with van der Waals surface area (Å²) in [6, 6.07) is 11.9. The third kappa shape index (κ3) is 3.47. The zero-order chi connectivity index (χ0) is 17.9. The highest BCUT2D eigenvalue weighted by atomic mass is 16.7. The monoisotopic (exact) mass is 353 g/mol. The fourth-order valence-electron chi connectivity index (χ4n) is 3.77. The van der Waals surface area contributed by atoms with Gasteiger partial charge in [-0.2, -0.15) is 0 Å². The third-order valence-electron chi connectivity index (χ3n) is 5.14. The molecule has 1 aliphatic carbocycles. The summed E-state index contributed by atoms with van der Waals surface area (Å²) in [5.41, 5.74) is 3.60. The van der Waals surface area contributed by atoms with Crippen LogP contribution in [-0.4, -0.2) is 26.4 Å². The van der Waals surface area contributed by atoms with E-state index >= 15 is 0 Å². The van der Waals surface area contributed by atoms with Gasteiger partial charge >= 0.3 is 0 Å². The van der Waals surface area contributed by atoms with Crippen molar-refractivity contribution in [2.75, 3.05) is 20.4 Å². The fourth-order valence-corrected chi connectivity index (χ4v) is 3.77. The highest BCUT2D eigenvalue weighted by Gasteiger charge is 2.21. The number of nitrogens with one attached hydrogen (secondary N) is 1. The normalized spacial score (nSPS) is 17.5. The van der Waals surface area contributed by atoms with Crippen molar-refractivity contribution in [3.05, 3.63) is 53.1 Å². The van der Waals surface area contributed by atoms with Crippen LogP contribution in [0.5, 0.6) is 17.2 Å². The second-order valence-electron chi connectivity index (χ2n) is 6.82. The van der Waals surface area contributed by atoms with E-state index < -0.39 is 0 Å². The van der Waals surface area contributed by atoms with E-state index in [2.05, 4.69) is 17.4 Å². The summed E-state index contributed by atoms with van der Waals surface area (Å²) in [6.07, 6.45) is 3.67. The summed E-state index contributed by atoms with van der Waals surface area (Å²) in [7, 11) is 1.69. The number of fused-ring (bicyclic) bond motifs is 2. The molecule has 1 unspecified atom stereocenters. The highest BCUT2D eigenvalue weighted by Crippen LogP contribution is 2.34. The Morgan fingerprint density at radius 1 is 1.19 bits per heavy atom. The van der Waals surface area contributed by atoms with E-state index in [1.165, 1.54) is 11.1 Å². The van der Waals surface area contributed by atoms with Crippen LogP contribution >= 0.6 is 0 Å². The Balaban J connectivity index is 1.36. The summed E-state index contributed by atoms with van der Waals surface area (Å²) in [6.45, 7) is 0.916. The van der Waals surface area contributed by atoms with Crippen molar-refractivity contribution in [3.8, 4) is 17.2 Å². The Kier molecular flexibility index (Phi) is 4.69. The van der Waals surface area contributed by atoms with Gasteiger partial charge in [0.05, 0.1) is 13.5 Å². The number of rotatable bonds is 5. The Bertz CT molecular complexity index is 818. The number of carbonyl (C=O) groups is 1.